The van der Waals surface area contributed by atoms with Crippen LogP contribution in [0.5, 0.6) is 0 Å². The molecule has 0 N–H and O–H groups in total. The lowest BCUT2D eigenvalue weighted by Gasteiger charge is -2.61. The van der Waals surface area contributed by atoms with Crippen LogP contribution in [0.3, 0.4) is 0 Å². The molecule has 0 bridgehead atoms. The van der Waals surface area contributed by atoms with Crippen LogP contribution in [0.15, 0.2) is 0 Å². The second kappa shape index (κ2) is 10.4. The number of fused-ring (bicyclic) bond motifs is 5. The summed E-state index contributed by atoms with van der Waals surface area (Å²) in [5.74, 6) is 6.78. The zero-order valence-electron chi connectivity index (χ0n) is 22.5. The molecule has 4 unspecified atom stereocenters. The van der Waals surface area contributed by atoms with Gasteiger partial charge in [-0.2, -0.15) is 11.8 Å². The zero-order valence-corrected chi connectivity index (χ0v) is 23.4. The molecule has 4 aliphatic carbocycles. The van der Waals surface area contributed by atoms with Crippen LogP contribution >= 0.6 is 11.8 Å². The number of ether oxygens (including phenoxy) is 1. The highest BCUT2D eigenvalue weighted by atomic mass is 32.2. The Labute approximate surface area is 209 Å². The number of esters is 1. The molecule has 0 aromatic rings. The molecule has 9 atom stereocenters. The van der Waals surface area contributed by atoms with Crippen LogP contribution in [0.2, 0.25) is 0 Å². The van der Waals surface area contributed by atoms with Crippen LogP contribution < -0.4 is 0 Å². The van der Waals surface area contributed by atoms with E-state index in [1.807, 2.05) is 6.26 Å². The first-order valence-corrected chi connectivity index (χ1v) is 15.8. The summed E-state index contributed by atoms with van der Waals surface area (Å²) < 4.78 is 5.87. The minimum atomic E-state index is -0.00210. The largest absolute Gasteiger partial charge is 0.462 e. The standard InChI is InChI=1S/C30H52O2S/c1-20(2)8-7-9-21(3)25-12-13-26-24-11-10-22-18-23(32-28(31)19-33-6)14-16-29(22,4)27(24)15-17-30(25,26)5/h20-27H,7-19H2,1-6H3/t21?,22-,23-,24?,25+,26?,27?,29-,30+/m0/s1. The molecular weight excluding hydrogens is 424 g/mol. The molecule has 0 amide bonds. The van der Waals surface area contributed by atoms with Gasteiger partial charge in [-0.3, -0.25) is 4.79 Å². The van der Waals surface area contributed by atoms with Crippen LogP contribution in [0.1, 0.15) is 112 Å². The SMILES string of the molecule is CSCC(=O)O[C@H]1CC[C@]2(C)C3CC[C@@]4(C)C(CC[C@@H]4C(C)CCCC(C)C)C3CC[C@H]2C1. The van der Waals surface area contributed by atoms with E-state index < -0.39 is 0 Å². The predicted octanol–water partition coefficient (Wildman–Crippen LogP) is 8.38. The monoisotopic (exact) mass is 476 g/mol. The van der Waals surface area contributed by atoms with Gasteiger partial charge < -0.3 is 4.74 Å². The summed E-state index contributed by atoms with van der Waals surface area (Å²) in [7, 11) is 0. The van der Waals surface area contributed by atoms with Crippen molar-refractivity contribution in [2.45, 2.75) is 118 Å². The molecule has 0 saturated heterocycles. The number of carbonyl (C=O) groups excluding carboxylic acids is 1. The first-order chi connectivity index (χ1) is 15.7. The van der Waals surface area contributed by atoms with E-state index in [-0.39, 0.29) is 12.1 Å². The Hall–Kier alpha value is -0.180. The van der Waals surface area contributed by atoms with Crippen LogP contribution in [0.25, 0.3) is 0 Å². The highest BCUT2D eigenvalue weighted by molar-refractivity contribution is 7.99. The first kappa shape index (κ1) is 25.9. The molecule has 4 fully saturated rings. The average molecular weight is 477 g/mol. The van der Waals surface area contributed by atoms with E-state index in [4.69, 9.17) is 4.74 Å². The van der Waals surface area contributed by atoms with Gasteiger partial charge in [0.15, 0.2) is 0 Å². The van der Waals surface area contributed by atoms with Crippen molar-refractivity contribution >= 4 is 17.7 Å². The Morgan fingerprint density at radius 1 is 0.939 bits per heavy atom. The molecule has 33 heavy (non-hydrogen) atoms. The fourth-order valence-corrected chi connectivity index (χ4v) is 9.99. The molecule has 0 spiro atoms. The maximum Gasteiger partial charge on any atom is 0.316 e. The van der Waals surface area contributed by atoms with Gasteiger partial charge in [-0.1, -0.05) is 53.9 Å². The zero-order chi connectivity index (χ0) is 23.8. The Balaban J connectivity index is 1.40. The van der Waals surface area contributed by atoms with E-state index in [2.05, 4.69) is 34.6 Å². The number of rotatable bonds is 8. The maximum atomic E-state index is 12.1. The molecule has 0 aromatic carbocycles. The smallest absolute Gasteiger partial charge is 0.316 e. The van der Waals surface area contributed by atoms with Crippen LogP contribution in [0.4, 0.5) is 0 Å². The summed E-state index contributed by atoms with van der Waals surface area (Å²) in [5.41, 5.74) is 1.07. The number of carbonyl (C=O) groups is 1. The third kappa shape index (κ3) is 5.05. The maximum absolute atomic E-state index is 12.1. The fraction of sp³-hybridized carbons (Fsp3) is 0.967. The van der Waals surface area contributed by atoms with Gasteiger partial charge in [0.05, 0.1) is 5.75 Å². The van der Waals surface area contributed by atoms with Gasteiger partial charge in [0.2, 0.25) is 0 Å². The molecule has 0 heterocycles. The second-order valence-corrected chi connectivity index (χ2v) is 14.4. The van der Waals surface area contributed by atoms with Gasteiger partial charge in [-0.05, 0) is 116 Å². The average Bonchev–Trinajstić information content (AvgIpc) is 3.11. The highest BCUT2D eigenvalue weighted by Crippen LogP contribution is 2.68. The Morgan fingerprint density at radius 2 is 1.67 bits per heavy atom. The lowest BCUT2D eigenvalue weighted by Crippen LogP contribution is -2.54. The van der Waals surface area contributed by atoms with Gasteiger partial charge in [-0.25, -0.2) is 0 Å². The third-order valence-corrected chi connectivity index (χ3v) is 11.9. The van der Waals surface area contributed by atoms with Crippen LogP contribution in [-0.4, -0.2) is 24.1 Å². The molecule has 4 aliphatic rings. The van der Waals surface area contributed by atoms with Gasteiger partial charge in [-0.15, -0.1) is 0 Å². The summed E-state index contributed by atoms with van der Waals surface area (Å²) >= 11 is 1.58. The van der Waals surface area contributed by atoms with Crippen molar-refractivity contribution in [1.29, 1.82) is 0 Å². The molecule has 4 saturated carbocycles. The first-order valence-electron chi connectivity index (χ1n) is 14.4. The molecular formula is C30H52O2S. The van der Waals surface area contributed by atoms with Crippen LogP contribution in [-0.2, 0) is 9.53 Å². The van der Waals surface area contributed by atoms with Crippen molar-refractivity contribution in [2.75, 3.05) is 12.0 Å². The van der Waals surface area contributed by atoms with E-state index in [9.17, 15) is 4.79 Å². The van der Waals surface area contributed by atoms with Crippen molar-refractivity contribution in [3.8, 4) is 0 Å². The van der Waals surface area contributed by atoms with Gasteiger partial charge in [0.1, 0.15) is 6.10 Å². The van der Waals surface area contributed by atoms with Crippen molar-refractivity contribution < 1.29 is 9.53 Å². The van der Waals surface area contributed by atoms with E-state index in [0.717, 1.165) is 54.3 Å². The third-order valence-electron chi connectivity index (χ3n) is 11.4. The van der Waals surface area contributed by atoms with Gasteiger partial charge >= 0.3 is 5.97 Å². The lowest BCUT2D eigenvalue weighted by atomic mass is 9.44. The topological polar surface area (TPSA) is 26.3 Å². The van der Waals surface area contributed by atoms with Crippen LogP contribution in [0, 0.1) is 52.3 Å². The molecule has 190 valence electrons. The van der Waals surface area contributed by atoms with E-state index >= 15 is 0 Å². The van der Waals surface area contributed by atoms with E-state index in [0.29, 0.717) is 16.6 Å². The quantitative estimate of drug-likeness (QED) is 0.329. The fourth-order valence-electron chi connectivity index (χ4n) is 9.69. The minimum Gasteiger partial charge on any atom is -0.462 e. The molecule has 2 nitrogen and oxygen atoms in total. The molecule has 0 aromatic heterocycles. The molecule has 4 rings (SSSR count). The summed E-state index contributed by atoms with van der Waals surface area (Å²) in [4.78, 5) is 12.1. The van der Waals surface area contributed by atoms with Crippen molar-refractivity contribution in [3.05, 3.63) is 0 Å². The highest BCUT2D eigenvalue weighted by Gasteiger charge is 2.60. The summed E-state index contributed by atoms with van der Waals surface area (Å²) in [6.45, 7) is 12.7. The number of hydrogen-bond donors (Lipinski definition) is 0. The Morgan fingerprint density at radius 3 is 2.39 bits per heavy atom. The summed E-state index contributed by atoms with van der Waals surface area (Å²) in [6, 6.07) is 0. The summed E-state index contributed by atoms with van der Waals surface area (Å²) in [5, 5.41) is 0. The Bertz CT molecular complexity index is 676. The second-order valence-electron chi connectivity index (χ2n) is 13.5. The number of thioether (sulfide) groups is 1. The Kier molecular flexibility index (Phi) is 8.19. The number of hydrogen-bond acceptors (Lipinski definition) is 3. The van der Waals surface area contributed by atoms with E-state index in [1.54, 1.807) is 11.8 Å². The van der Waals surface area contributed by atoms with Crippen molar-refractivity contribution in [2.24, 2.45) is 52.3 Å². The van der Waals surface area contributed by atoms with E-state index in [1.165, 1.54) is 64.2 Å². The minimum absolute atomic E-state index is 0.00210. The van der Waals surface area contributed by atoms with Gasteiger partial charge in [0, 0.05) is 0 Å². The van der Waals surface area contributed by atoms with Crippen molar-refractivity contribution in [3.63, 3.8) is 0 Å². The van der Waals surface area contributed by atoms with Crippen molar-refractivity contribution in [1.82, 2.24) is 0 Å². The molecule has 0 radical (unpaired) electrons. The predicted molar refractivity (Wildman–Crippen MR) is 141 cm³/mol. The summed E-state index contributed by atoms with van der Waals surface area (Å²) in [6.07, 6.45) is 18.6. The normalized spacial score (nSPS) is 43.5. The molecule has 3 heteroatoms. The lowest BCUT2D eigenvalue weighted by molar-refractivity contribution is -0.160. The molecule has 0 aliphatic heterocycles. The van der Waals surface area contributed by atoms with Gasteiger partial charge in [0.25, 0.3) is 0 Å².